The maximum absolute atomic E-state index is 15.0. The lowest BCUT2D eigenvalue weighted by Gasteiger charge is -2.51. The van der Waals surface area contributed by atoms with Crippen LogP contribution in [0.4, 0.5) is 26.3 Å². The third kappa shape index (κ3) is 9.19. The quantitative estimate of drug-likeness (QED) is 0.104. The Labute approximate surface area is 331 Å². The number of hydrogen-bond donors (Lipinski definition) is 1. The largest absolute Gasteiger partial charge is 0.512 e. The molecule has 2 fully saturated rings. The van der Waals surface area contributed by atoms with Crippen LogP contribution in [0.3, 0.4) is 0 Å². The summed E-state index contributed by atoms with van der Waals surface area (Å²) in [7, 11) is 0. The Morgan fingerprint density at radius 2 is 1.75 bits per heavy atom. The summed E-state index contributed by atoms with van der Waals surface area (Å²) >= 11 is 0.372. The standard InChI is InChI=1S/C41H46F6N4O5S/c1-5-11-32-39(56-28-24-33(57-25-28)41(45,46)47,16-9-20-51(32)35(53)34-30(40(42,43)44)13-8-19-49-34)36(54)50-21-17-38(26-48,18-22-50)29-12-6-7-14-31(29)55-23-10-15-37(3,4)27(2)52/h6-8,12-14,19,24-25,32,52H,2,5,9-11,15-18,20-23H2,1,3-4H3/t32-,39+/m1/s1. The molecule has 4 heterocycles. The van der Waals surface area contributed by atoms with Crippen molar-refractivity contribution in [3.8, 4) is 17.6 Å². The lowest BCUT2D eigenvalue weighted by molar-refractivity contribution is -0.160. The molecule has 2 aliphatic rings. The van der Waals surface area contributed by atoms with Crippen molar-refractivity contribution in [1.29, 1.82) is 5.26 Å². The van der Waals surface area contributed by atoms with E-state index in [1.807, 2.05) is 13.8 Å². The summed E-state index contributed by atoms with van der Waals surface area (Å²) in [4.78, 5) is 34.5. The molecule has 0 unspecified atom stereocenters. The van der Waals surface area contributed by atoms with Gasteiger partial charge in [-0.2, -0.15) is 31.6 Å². The van der Waals surface area contributed by atoms with E-state index in [-0.39, 0.29) is 63.2 Å². The number of thiophene rings is 1. The van der Waals surface area contributed by atoms with Gasteiger partial charge in [0.1, 0.15) is 22.1 Å². The molecular formula is C41H46F6N4O5S. The molecule has 0 saturated carbocycles. The van der Waals surface area contributed by atoms with Crippen LogP contribution in [-0.2, 0) is 22.6 Å². The number of allylic oxidation sites excluding steroid dienone is 1. The van der Waals surface area contributed by atoms with E-state index < -0.39 is 62.8 Å². The molecule has 0 spiro atoms. The maximum Gasteiger partial charge on any atom is 0.425 e. The first-order valence-corrected chi connectivity index (χ1v) is 19.7. The van der Waals surface area contributed by atoms with Crippen LogP contribution in [0.1, 0.15) is 98.6 Å². The topological polar surface area (TPSA) is 116 Å². The molecule has 2 saturated heterocycles. The fourth-order valence-electron chi connectivity index (χ4n) is 7.70. The number of piperidine rings is 2. The molecule has 0 bridgehead atoms. The molecule has 2 aliphatic heterocycles. The predicted octanol–water partition coefficient (Wildman–Crippen LogP) is 9.74. The molecule has 0 radical (unpaired) electrons. The summed E-state index contributed by atoms with van der Waals surface area (Å²) in [6.07, 6.45) is -6.57. The molecule has 57 heavy (non-hydrogen) atoms. The van der Waals surface area contributed by atoms with Crippen LogP contribution >= 0.6 is 11.3 Å². The van der Waals surface area contributed by atoms with E-state index in [0.717, 1.165) is 34.7 Å². The SMILES string of the molecule is C=C(O)C(C)(C)CCCOc1ccccc1C1(C#N)CCN(C(=O)[C@]2(Oc3csc(C(F)(F)F)c3)CCCN(C(=O)c3ncccc3C(F)(F)F)[C@@H]2CCC)CC1. The minimum Gasteiger partial charge on any atom is -0.512 e. The van der Waals surface area contributed by atoms with E-state index in [0.29, 0.717) is 48.5 Å². The summed E-state index contributed by atoms with van der Waals surface area (Å²) in [5.74, 6) is -1.41. The number of amides is 2. The molecule has 2 aromatic heterocycles. The number of pyridine rings is 1. The van der Waals surface area contributed by atoms with Gasteiger partial charge < -0.3 is 24.4 Å². The van der Waals surface area contributed by atoms with E-state index in [1.54, 1.807) is 31.2 Å². The summed E-state index contributed by atoms with van der Waals surface area (Å²) in [5, 5.41) is 21.7. The summed E-state index contributed by atoms with van der Waals surface area (Å²) in [6, 6.07) is 11.0. The number of hydrogen-bond acceptors (Lipinski definition) is 8. The van der Waals surface area contributed by atoms with Crippen molar-refractivity contribution in [3.05, 3.63) is 88.1 Å². The van der Waals surface area contributed by atoms with Crippen LogP contribution in [0.25, 0.3) is 0 Å². The van der Waals surface area contributed by atoms with Gasteiger partial charge in [0.25, 0.3) is 11.8 Å². The monoisotopic (exact) mass is 820 g/mol. The Morgan fingerprint density at radius 3 is 2.37 bits per heavy atom. The highest BCUT2D eigenvalue weighted by Crippen LogP contribution is 2.45. The van der Waals surface area contributed by atoms with E-state index in [2.05, 4.69) is 17.6 Å². The van der Waals surface area contributed by atoms with Crippen molar-refractivity contribution in [2.45, 2.75) is 102 Å². The van der Waals surface area contributed by atoms with Crippen molar-refractivity contribution in [1.82, 2.24) is 14.8 Å². The second-order valence-corrected chi connectivity index (χ2v) is 16.1. The molecule has 3 aromatic rings. The predicted molar refractivity (Wildman–Crippen MR) is 201 cm³/mol. The number of para-hydroxylation sites is 1. The molecular weight excluding hydrogens is 775 g/mol. The molecule has 1 N–H and O–H groups in total. The zero-order valence-corrected chi connectivity index (χ0v) is 32.8. The number of rotatable bonds is 13. The Morgan fingerprint density at radius 1 is 1.05 bits per heavy atom. The first kappa shape index (κ1) is 43.3. The molecule has 1 aromatic carbocycles. The van der Waals surface area contributed by atoms with Gasteiger partial charge in [0.05, 0.1) is 35.5 Å². The summed E-state index contributed by atoms with van der Waals surface area (Å²) < 4.78 is 96.0. The third-order valence-electron chi connectivity index (χ3n) is 11.0. The fourth-order valence-corrected chi connectivity index (χ4v) is 8.38. The second kappa shape index (κ2) is 17.0. The number of alkyl halides is 6. The first-order valence-electron chi connectivity index (χ1n) is 18.8. The van der Waals surface area contributed by atoms with Crippen LogP contribution < -0.4 is 9.47 Å². The summed E-state index contributed by atoms with van der Waals surface area (Å²) in [5.41, 5.74) is -5.06. The number of aromatic nitrogens is 1. The maximum atomic E-state index is 15.0. The van der Waals surface area contributed by atoms with Gasteiger partial charge in [0, 0.05) is 54.7 Å². The van der Waals surface area contributed by atoms with E-state index >= 15 is 4.79 Å². The van der Waals surface area contributed by atoms with Gasteiger partial charge in [0.2, 0.25) is 5.60 Å². The highest BCUT2D eigenvalue weighted by molar-refractivity contribution is 7.10. The Kier molecular flexibility index (Phi) is 12.9. The number of carbonyl (C=O) groups is 2. The molecule has 5 rings (SSSR count). The molecule has 2 amide bonds. The lowest BCUT2D eigenvalue weighted by Crippen LogP contribution is -2.68. The average molecular weight is 821 g/mol. The van der Waals surface area contributed by atoms with Gasteiger partial charge in [-0.05, 0) is 56.7 Å². The van der Waals surface area contributed by atoms with Crippen molar-refractivity contribution in [3.63, 3.8) is 0 Å². The van der Waals surface area contributed by atoms with Crippen molar-refractivity contribution < 1.29 is 50.5 Å². The number of aliphatic hydroxyl groups is 1. The number of benzene rings is 1. The van der Waals surface area contributed by atoms with Gasteiger partial charge in [-0.1, -0.05) is 52.0 Å². The van der Waals surface area contributed by atoms with Crippen molar-refractivity contribution >= 4 is 23.2 Å². The minimum absolute atomic E-state index is 0.0291. The molecule has 16 heteroatoms. The van der Waals surface area contributed by atoms with Crippen molar-refractivity contribution in [2.24, 2.45) is 5.41 Å². The lowest BCUT2D eigenvalue weighted by atomic mass is 9.72. The smallest absolute Gasteiger partial charge is 0.425 e. The Hall–Kier alpha value is -4.78. The number of halogens is 6. The van der Waals surface area contributed by atoms with Gasteiger partial charge in [-0.3, -0.25) is 14.6 Å². The zero-order chi connectivity index (χ0) is 41.8. The van der Waals surface area contributed by atoms with Crippen LogP contribution in [0.15, 0.2) is 66.4 Å². The van der Waals surface area contributed by atoms with Crippen LogP contribution in [0.2, 0.25) is 0 Å². The Bertz CT molecular complexity index is 1970. The molecule has 9 nitrogen and oxygen atoms in total. The summed E-state index contributed by atoms with van der Waals surface area (Å²) in [6.45, 7) is 9.45. The van der Waals surface area contributed by atoms with E-state index in [1.165, 1.54) is 4.90 Å². The van der Waals surface area contributed by atoms with Crippen LogP contribution in [0.5, 0.6) is 11.5 Å². The van der Waals surface area contributed by atoms with Gasteiger partial charge >= 0.3 is 12.4 Å². The Balaban J connectivity index is 1.47. The minimum atomic E-state index is -4.92. The normalized spacial score (nSPS) is 20.1. The number of aliphatic hydroxyl groups excluding tert-OH is 1. The highest BCUT2D eigenvalue weighted by Gasteiger charge is 2.57. The number of nitrogens with zero attached hydrogens (tertiary/aromatic N) is 4. The van der Waals surface area contributed by atoms with Gasteiger partial charge in [-0.25, -0.2) is 0 Å². The van der Waals surface area contributed by atoms with Gasteiger partial charge in [-0.15, -0.1) is 11.3 Å². The molecule has 308 valence electrons. The number of ether oxygens (including phenoxy) is 2. The number of carbonyl (C=O) groups excluding carboxylic acids is 2. The highest BCUT2D eigenvalue weighted by atomic mass is 32.1. The van der Waals surface area contributed by atoms with E-state index in [9.17, 15) is 41.5 Å². The number of nitriles is 1. The first-order chi connectivity index (χ1) is 26.8. The second-order valence-electron chi connectivity index (χ2n) is 15.2. The van der Waals surface area contributed by atoms with Crippen molar-refractivity contribution in [2.75, 3.05) is 26.2 Å². The van der Waals surface area contributed by atoms with Gasteiger partial charge in [0.15, 0.2) is 0 Å². The molecule has 0 aliphatic carbocycles. The number of likely N-dealkylation sites (tertiary alicyclic amines) is 2. The molecule has 2 atom stereocenters. The van der Waals surface area contributed by atoms with E-state index in [4.69, 9.17) is 9.47 Å². The van der Waals surface area contributed by atoms with Crippen LogP contribution in [-0.4, -0.2) is 69.6 Å². The zero-order valence-electron chi connectivity index (χ0n) is 32.0. The average Bonchev–Trinajstić information content (AvgIpc) is 3.66. The third-order valence-corrected chi connectivity index (χ3v) is 12.0. The fraction of sp³-hybridized carbons (Fsp3) is 0.512. The van der Waals surface area contributed by atoms with Crippen LogP contribution in [0, 0.1) is 16.7 Å².